The smallest absolute Gasteiger partial charge is 0.212 e. The van der Waals surface area contributed by atoms with E-state index >= 15 is 0 Å². The Morgan fingerprint density at radius 1 is 0.792 bits per heavy atom. The van der Waals surface area contributed by atoms with Crippen LogP contribution < -0.4 is 0 Å². The topological polar surface area (TPSA) is 12.5 Å². The van der Waals surface area contributed by atoms with Gasteiger partial charge >= 0.3 is 11.3 Å². The summed E-state index contributed by atoms with van der Waals surface area (Å²) < 4.78 is 4.92. The van der Waals surface area contributed by atoms with Crippen molar-refractivity contribution in [2.24, 2.45) is 0 Å². The first-order valence-corrected chi connectivity index (χ1v) is 9.71. The van der Waals surface area contributed by atoms with E-state index in [2.05, 4.69) is 58.4 Å². The molecular weight excluding hydrogens is 296 g/mol. The molecule has 0 aromatic carbocycles. The van der Waals surface area contributed by atoms with E-state index in [0.29, 0.717) is 0 Å². The number of hydrogen-bond donors (Lipinski definition) is 0. The van der Waals surface area contributed by atoms with Crippen LogP contribution in [0.5, 0.6) is 0 Å². The molecule has 4 aliphatic rings. The summed E-state index contributed by atoms with van der Waals surface area (Å²) in [6.07, 6.45) is 14.7. The summed E-state index contributed by atoms with van der Waals surface area (Å²) in [6, 6.07) is 0. The molecule has 4 rings (SSSR count). The third-order valence-corrected chi connectivity index (χ3v) is 6.86. The van der Waals surface area contributed by atoms with E-state index in [1.54, 1.807) is 0 Å². The van der Waals surface area contributed by atoms with Gasteiger partial charge in [-0.15, -0.1) is 0 Å². The number of rotatable bonds is 0. The standard InChI is InChI=1S/C20H32N4/c1-17-21-13-9-5-6-10-14-22(17)20(4)19(21,3)23-15-11-7-8-12-16-24(20)18(23)2/h13,15H,1-2,5-12,14,16H2,3-4H3/q+2. The van der Waals surface area contributed by atoms with Gasteiger partial charge in [-0.1, -0.05) is 0 Å². The fraction of sp³-hybridized carbons (Fsp3) is 0.700. The Hall–Kier alpha value is -1.58. The van der Waals surface area contributed by atoms with Crippen LogP contribution in [0.3, 0.4) is 0 Å². The predicted molar refractivity (Wildman–Crippen MR) is 98.1 cm³/mol. The van der Waals surface area contributed by atoms with Crippen LogP contribution in [0, 0.1) is 0 Å². The molecule has 0 amide bonds. The molecule has 4 aliphatic heterocycles. The lowest BCUT2D eigenvalue weighted by Crippen LogP contribution is -2.62. The van der Waals surface area contributed by atoms with Crippen LogP contribution in [0.2, 0.25) is 0 Å². The second kappa shape index (κ2) is 5.47. The molecule has 0 N–H and O–H groups in total. The molecule has 0 aromatic heterocycles. The van der Waals surface area contributed by atoms with Crippen LogP contribution in [0.1, 0.15) is 65.2 Å². The average Bonchev–Trinajstić information content (AvgIpc) is 2.91. The van der Waals surface area contributed by atoms with Gasteiger partial charge < -0.3 is 0 Å². The second-order valence-electron chi connectivity index (χ2n) is 7.98. The van der Waals surface area contributed by atoms with Crippen molar-refractivity contribution in [1.82, 2.24) is 9.80 Å². The number of fused-ring (bicyclic) bond motifs is 9. The van der Waals surface area contributed by atoms with Crippen molar-refractivity contribution < 1.29 is 9.15 Å². The second-order valence-corrected chi connectivity index (χ2v) is 7.98. The monoisotopic (exact) mass is 328 g/mol. The lowest BCUT2D eigenvalue weighted by atomic mass is 9.94. The Morgan fingerprint density at radius 2 is 1.25 bits per heavy atom. The Kier molecular flexibility index (Phi) is 3.63. The van der Waals surface area contributed by atoms with Gasteiger partial charge in [-0.3, -0.25) is 0 Å². The summed E-state index contributed by atoms with van der Waals surface area (Å²) in [5, 5.41) is 0. The van der Waals surface area contributed by atoms with Crippen LogP contribution in [-0.2, 0) is 0 Å². The zero-order valence-electron chi connectivity index (χ0n) is 15.4. The highest BCUT2D eigenvalue weighted by molar-refractivity contribution is 5.55. The first-order valence-electron chi connectivity index (χ1n) is 9.71. The summed E-state index contributed by atoms with van der Waals surface area (Å²) in [6.45, 7) is 16.0. The quantitative estimate of drug-likeness (QED) is 0.633. The summed E-state index contributed by atoms with van der Waals surface area (Å²) >= 11 is 0. The van der Waals surface area contributed by atoms with Crippen LogP contribution in [0.4, 0.5) is 0 Å². The first kappa shape index (κ1) is 15.9. The molecule has 4 heterocycles. The Labute approximate surface area is 146 Å². The predicted octanol–water partition coefficient (Wildman–Crippen LogP) is 3.31. The summed E-state index contributed by atoms with van der Waals surface area (Å²) in [5.41, 5.74) is -0.265. The molecule has 2 saturated heterocycles. The fourth-order valence-electron chi connectivity index (χ4n) is 5.38. The van der Waals surface area contributed by atoms with E-state index in [1.165, 1.54) is 38.5 Å². The van der Waals surface area contributed by atoms with Crippen LogP contribution in [0.25, 0.3) is 0 Å². The minimum Gasteiger partial charge on any atom is -0.212 e. The van der Waals surface area contributed by atoms with Crippen molar-refractivity contribution >= 4 is 12.4 Å². The highest BCUT2D eigenvalue weighted by Gasteiger charge is 2.81. The SMILES string of the molecule is C=C1N2CCCCCC=[N+]1C1(C)[N+]3=CCCCCCN(C3=C)C21C. The van der Waals surface area contributed by atoms with E-state index in [1.807, 2.05) is 0 Å². The maximum atomic E-state index is 4.51. The van der Waals surface area contributed by atoms with Crippen molar-refractivity contribution in [3.05, 3.63) is 24.8 Å². The Bertz CT molecular complexity index is 594. The molecule has 130 valence electrons. The molecule has 0 unspecified atom stereocenters. The lowest BCUT2D eigenvalue weighted by molar-refractivity contribution is -0.766. The van der Waals surface area contributed by atoms with Crippen molar-refractivity contribution in [1.29, 1.82) is 0 Å². The van der Waals surface area contributed by atoms with Gasteiger partial charge in [0.2, 0.25) is 0 Å². The van der Waals surface area contributed by atoms with E-state index in [9.17, 15) is 0 Å². The third-order valence-electron chi connectivity index (χ3n) is 6.86. The van der Waals surface area contributed by atoms with E-state index in [0.717, 1.165) is 37.6 Å². The molecule has 0 radical (unpaired) electrons. The lowest BCUT2D eigenvalue weighted by Gasteiger charge is -2.33. The van der Waals surface area contributed by atoms with Crippen LogP contribution in [-0.4, -0.2) is 55.8 Å². The molecule has 0 spiro atoms. The summed E-state index contributed by atoms with van der Waals surface area (Å²) in [7, 11) is 0. The molecule has 2 fully saturated rings. The molecule has 24 heavy (non-hydrogen) atoms. The largest absolute Gasteiger partial charge is 0.334 e. The molecule has 4 nitrogen and oxygen atoms in total. The van der Waals surface area contributed by atoms with Crippen molar-refractivity contribution in [2.45, 2.75) is 76.5 Å². The highest BCUT2D eigenvalue weighted by Crippen LogP contribution is 2.52. The molecule has 0 saturated carbocycles. The van der Waals surface area contributed by atoms with Crippen molar-refractivity contribution in [2.75, 3.05) is 13.1 Å². The normalized spacial score (nSPS) is 36.8. The zero-order valence-corrected chi connectivity index (χ0v) is 15.4. The van der Waals surface area contributed by atoms with Crippen molar-refractivity contribution in [3.8, 4) is 0 Å². The zero-order chi connectivity index (χ0) is 16.9. The van der Waals surface area contributed by atoms with E-state index in [-0.39, 0.29) is 11.3 Å². The minimum atomic E-state index is -0.157. The van der Waals surface area contributed by atoms with Crippen molar-refractivity contribution in [3.63, 3.8) is 0 Å². The highest BCUT2D eigenvalue weighted by atomic mass is 15.7. The minimum absolute atomic E-state index is 0.108. The Balaban J connectivity index is 1.95. The van der Waals surface area contributed by atoms with Gasteiger partial charge in [0.05, 0.1) is 25.5 Å². The molecule has 0 atom stereocenters. The summed E-state index contributed by atoms with van der Waals surface area (Å²) in [5.74, 6) is 2.33. The summed E-state index contributed by atoms with van der Waals surface area (Å²) in [4.78, 5) is 5.13. The van der Waals surface area contributed by atoms with Crippen LogP contribution >= 0.6 is 0 Å². The number of hydrogen-bond acceptors (Lipinski definition) is 2. The number of nitrogens with zero attached hydrogens (tertiary/aromatic N) is 4. The van der Waals surface area contributed by atoms with Gasteiger partial charge in [0.15, 0.2) is 0 Å². The van der Waals surface area contributed by atoms with Gasteiger partial charge in [0.1, 0.15) is 0 Å². The fourth-order valence-corrected chi connectivity index (χ4v) is 5.38. The first-order chi connectivity index (χ1) is 11.5. The van der Waals surface area contributed by atoms with Gasteiger partial charge in [0, 0.05) is 26.7 Å². The molecule has 0 aromatic rings. The average molecular weight is 329 g/mol. The maximum Gasteiger partial charge on any atom is 0.334 e. The van der Waals surface area contributed by atoms with Crippen LogP contribution in [0.15, 0.2) is 24.8 Å². The molecule has 4 heteroatoms. The van der Waals surface area contributed by atoms with Gasteiger partial charge in [-0.25, -0.2) is 9.80 Å². The molecule has 0 aliphatic carbocycles. The van der Waals surface area contributed by atoms with Gasteiger partial charge in [-0.2, -0.15) is 9.15 Å². The maximum absolute atomic E-state index is 4.51. The molecular formula is C20H32N4+2. The van der Waals surface area contributed by atoms with Gasteiger partial charge in [0.25, 0.3) is 11.6 Å². The molecule has 4 bridgehead atoms. The Morgan fingerprint density at radius 3 is 1.71 bits per heavy atom. The van der Waals surface area contributed by atoms with E-state index in [4.69, 9.17) is 0 Å². The third kappa shape index (κ3) is 1.80. The van der Waals surface area contributed by atoms with Gasteiger partial charge in [-0.05, 0) is 51.7 Å². The van der Waals surface area contributed by atoms with E-state index < -0.39 is 0 Å².